The van der Waals surface area contributed by atoms with Crippen molar-refractivity contribution in [2.45, 2.75) is 13.5 Å². The molecular formula is C19H27N5O2. The molecule has 0 aliphatic heterocycles. The topological polar surface area (TPSA) is 70.6 Å². The molecule has 2 aromatic rings. The molecule has 2 rings (SSSR count). The molecule has 0 bridgehead atoms. The van der Waals surface area contributed by atoms with Crippen LogP contribution in [0.3, 0.4) is 0 Å². The van der Waals surface area contributed by atoms with Gasteiger partial charge in [-0.25, -0.2) is 4.98 Å². The summed E-state index contributed by atoms with van der Waals surface area (Å²) in [5.41, 5.74) is 1.72. The van der Waals surface area contributed by atoms with Gasteiger partial charge in [0.25, 0.3) is 0 Å². The lowest BCUT2D eigenvalue weighted by Gasteiger charge is -2.24. The molecule has 0 aliphatic carbocycles. The molecule has 1 heterocycles. The smallest absolute Gasteiger partial charge is 0.224 e. The maximum atomic E-state index is 11.3. The summed E-state index contributed by atoms with van der Waals surface area (Å²) >= 11 is 0. The average molecular weight is 357 g/mol. The zero-order chi connectivity index (χ0) is 18.9. The number of hydrogen-bond acceptors (Lipinski definition) is 7. The number of benzene rings is 1. The highest BCUT2D eigenvalue weighted by atomic mass is 16.5. The van der Waals surface area contributed by atoms with Gasteiger partial charge in [-0.15, -0.1) is 0 Å². The molecule has 0 spiro atoms. The van der Waals surface area contributed by atoms with Crippen LogP contribution in [-0.4, -0.2) is 62.0 Å². The first-order valence-corrected chi connectivity index (χ1v) is 8.66. The highest BCUT2D eigenvalue weighted by Crippen LogP contribution is 2.16. The van der Waals surface area contributed by atoms with Crippen LogP contribution >= 0.6 is 0 Å². The van der Waals surface area contributed by atoms with Crippen LogP contribution in [0.4, 0.5) is 11.8 Å². The third-order valence-corrected chi connectivity index (χ3v) is 4.05. The summed E-state index contributed by atoms with van der Waals surface area (Å²) in [6, 6.07) is 8.07. The minimum absolute atomic E-state index is 0.493. The minimum Gasteiger partial charge on any atom is -0.497 e. The first kappa shape index (κ1) is 19.7. The first-order valence-electron chi connectivity index (χ1n) is 8.66. The van der Waals surface area contributed by atoms with E-state index in [1.165, 1.54) is 5.56 Å². The second-order valence-corrected chi connectivity index (χ2v) is 6.13. The van der Waals surface area contributed by atoms with Crippen molar-refractivity contribution >= 4 is 18.1 Å². The molecule has 0 unspecified atom stereocenters. The lowest BCUT2D eigenvalue weighted by molar-refractivity contribution is 0.112. The number of anilines is 2. The number of aldehydes is 1. The monoisotopic (exact) mass is 357 g/mol. The molecule has 7 heteroatoms. The van der Waals surface area contributed by atoms with Gasteiger partial charge in [0.15, 0.2) is 6.29 Å². The summed E-state index contributed by atoms with van der Waals surface area (Å²) in [5.74, 6) is 2.04. The van der Waals surface area contributed by atoms with Gasteiger partial charge in [-0.2, -0.15) is 4.98 Å². The average Bonchev–Trinajstić information content (AvgIpc) is 2.67. The maximum absolute atomic E-state index is 11.3. The van der Waals surface area contributed by atoms with Crippen LogP contribution in [-0.2, 0) is 6.54 Å². The van der Waals surface area contributed by atoms with Crippen molar-refractivity contribution in [2.75, 3.05) is 51.1 Å². The van der Waals surface area contributed by atoms with Gasteiger partial charge in [0.1, 0.15) is 11.6 Å². The zero-order valence-corrected chi connectivity index (χ0v) is 15.9. The van der Waals surface area contributed by atoms with Crippen LogP contribution in [0.25, 0.3) is 0 Å². The molecular weight excluding hydrogens is 330 g/mol. The van der Waals surface area contributed by atoms with Gasteiger partial charge in [0.2, 0.25) is 5.95 Å². The van der Waals surface area contributed by atoms with E-state index in [1.54, 1.807) is 13.3 Å². The van der Waals surface area contributed by atoms with E-state index in [4.69, 9.17) is 4.74 Å². The molecule has 0 aliphatic rings. The van der Waals surface area contributed by atoms with E-state index in [0.717, 1.165) is 38.2 Å². The third-order valence-electron chi connectivity index (χ3n) is 4.05. The molecule has 26 heavy (non-hydrogen) atoms. The van der Waals surface area contributed by atoms with Crippen molar-refractivity contribution in [3.8, 4) is 5.75 Å². The van der Waals surface area contributed by atoms with Gasteiger partial charge in [0, 0.05) is 39.4 Å². The molecule has 0 amide bonds. The summed E-state index contributed by atoms with van der Waals surface area (Å²) in [5, 5.41) is 3.08. The highest BCUT2D eigenvalue weighted by molar-refractivity contribution is 5.82. The van der Waals surface area contributed by atoms with Crippen molar-refractivity contribution in [2.24, 2.45) is 0 Å². The van der Waals surface area contributed by atoms with Crippen LogP contribution in [0.2, 0.25) is 0 Å². The Morgan fingerprint density at radius 1 is 1.19 bits per heavy atom. The van der Waals surface area contributed by atoms with E-state index in [0.29, 0.717) is 17.3 Å². The van der Waals surface area contributed by atoms with Crippen LogP contribution in [0, 0.1) is 0 Å². The van der Waals surface area contributed by atoms with E-state index >= 15 is 0 Å². The van der Waals surface area contributed by atoms with Crippen molar-refractivity contribution in [3.05, 3.63) is 41.6 Å². The Labute approximate surface area is 155 Å². The maximum Gasteiger partial charge on any atom is 0.224 e. The van der Waals surface area contributed by atoms with Crippen LogP contribution in [0.15, 0.2) is 30.5 Å². The number of ether oxygens (including phenoxy) is 1. The Kier molecular flexibility index (Phi) is 7.35. The van der Waals surface area contributed by atoms with Crippen molar-refractivity contribution in [1.29, 1.82) is 0 Å². The number of carbonyl (C=O) groups excluding carboxylic acids is 1. The summed E-state index contributed by atoms with van der Waals surface area (Å²) in [6.07, 6.45) is 2.35. The number of rotatable bonds is 10. The van der Waals surface area contributed by atoms with Gasteiger partial charge in [-0.05, 0) is 31.7 Å². The van der Waals surface area contributed by atoms with Gasteiger partial charge in [-0.1, -0.05) is 12.1 Å². The van der Waals surface area contributed by atoms with E-state index in [-0.39, 0.29) is 0 Å². The van der Waals surface area contributed by atoms with Crippen molar-refractivity contribution in [3.63, 3.8) is 0 Å². The van der Waals surface area contributed by atoms with Crippen LogP contribution in [0.5, 0.6) is 5.75 Å². The lowest BCUT2D eigenvalue weighted by atomic mass is 10.2. The second-order valence-electron chi connectivity index (χ2n) is 6.13. The minimum atomic E-state index is 0.493. The van der Waals surface area contributed by atoms with Crippen molar-refractivity contribution in [1.82, 2.24) is 14.9 Å². The lowest BCUT2D eigenvalue weighted by Crippen LogP contribution is -2.31. The number of aromatic nitrogens is 2. The first-order chi connectivity index (χ1) is 12.6. The molecule has 0 saturated carbocycles. The predicted octanol–water partition coefficient (Wildman–Crippen LogP) is 2.30. The number of nitrogens with zero attached hydrogens (tertiary/aromatic N) is 4. The number of carbonyl (C=O) groups is 1. The molecule has 140 valence electrons. The number of methoxy groups -OCH3 is 1. The number of hydrogen-bond donors (Lipinski definition) is 1. The van der Waals surface area contributed by atoms with E-state index < -0.39 is 0 Å². The summed E-state index contributed by atoms with van der Waals surface area (Å²) in [7, 11) is 5.67. The normalized spacial score (nSPS) is 10.7. The van der Waals surface area contributed by atoms with Gasteiger partial charge >= 0.3 is 0 Å². The largest absolute Gasteiger partial charge is 0.497 e. The SMILES string of the molecule is CCNc1ncc(C=O)c(N(C)CCN(C)Cc2ccc(OC)cc2)n1. The van der Waals surface area contributed by atoms with E-state index in [1.807, 2.05) is 31.0 Å². The molecule has 0 atom stereocenters. The molecule has 0 saturated heterocycles. The van der Waals surface area contributed by atoms with E-state index in [9.17, 15) is 4.79 Å². The summed E-state index contributed by atoms with van der Waals surface area (Å²) in [6.45, 7) is 5.13. The Bertz CT molecular complexity index is 706. The zero-order valence-electron chi connectivity index (χ0n) is 15.9. The number of nitrogens with one attached hydrogen (secondary N) is 1. The predicted molar refractivity (Wildman–Crippen MR) is 104 cm³/mol. The molecule has 1 aromatic carbocycles. The Morgan fingerprint density at radius 2 is 1.92 bits per heavy atom. The molecule has 1 N–H and O–H groups in total. The fourth-order valence-corrected chi connectivity index (χ4v) is 2.56. The van der Waals surface area contributed by atoms with Crippen LogP contribution in [0.1, 0.15) is 22.8 Å². The van der Waals surface area contributed by atoms with Crippen LogP contribution < -0.4 is 15.0 Å². The summed E-state index contributed by atoms with van der Waals surface area (Å²) in [4.78, 5) is 24.1. The third kappa shape index (κ3) is 5.42. The molecule has 1 aromatic heterocycles. The Balaban J connectivity index is 1.95. The molecule has 7 nitrogen and oxygen atoms in total. The Hall–Kier alpha value is -2.67. The Morgan fingerprint density at radius 3 is 2.54 bits per heavy atom. The summed E-state index contributed by atoms with van der Waals surface area (Å²) < 4.78 is 5.18. The van der Waals surface area contributed by atoms with Gasteiger partial charge in [0.05, 0.1) is 12.7 Å². The highest BCUT2D eigenvalue weighted by Gasteiger charge is 2.12. The fraction of sp³-hybridized carbons (Fsp3) is 0.421. The number of likely N-dealkylation sites (N-methyl/N-ethyl adjacent to an activating group) is 2. The standard InChI is InChI=1S/C19H27N5O2/c1-5-20-19-21-12-16(14-25)18(22-19)24(3)11-10-23(2)13-15-6-8-17(26-4)9-7-15/h6-9,12,14H,5,10-11,13H2,1-4H3,(H,20,21,22). The second kappa shape index (κ2) is 9.72. The fourth-order valence-electron chi connectivity index (χ4n) is 2.56. The molecule has 0 fully saturated rings. The van der Waals surface area contributed by atoms with E-state index in [2.05, 4.69) is 39.4 Å². The van der Waals surface area contributed by atoms with Gasteiger partial charge in [-0.3, -0.25) is 4.79 Å². The van der Waals surface area contributed by atoms with Crippen molar-refractivity contribution < 1.29 is 9.53 Å². The molecule has 0 radical (unpaired) electrons. The quantitative estimate of drug-likeness (QED) is 0.654. The van der Waals surface area contributed by atoms with Gasteiger partial charge < -0.3 is 19.9 Å².